The molecule has 13 aromatic rings. The van der Waals surface area contributed by atoms with Crippen LogP contribution in [-0.2, 0) is 16.2 Å². The number of phenols is 9. The molecule has 11 N–H and O–H groups in total. The zero-order chi connectivity index (χ0) is 86.5. The predicted octanol–water partition coefficient (Wildman–Crippen LogP) is 28.0. The van der Waals surface area contributed by atoms with Gasteiger partial charge in [-0.15, -0.1) is 0 Å². The first-order valence-corrected chi connectivity index (χ1v) is 39.2. The van der Waals surface area contributed by atoms with E-state index in [1.54, 1.807) is 91.0 Å². The van der Waals surface area contributed by atoms with E-state index in [1.807, 2.05) is 148 Å². The first-order valence-electron chi connectivity index (χ1n) is 39.2. The Bertz CT molecular complexity index is 3720. The zero-order valence-corrected chi connectivity index (χ0v) is 72.0. The van der Waals surface area contributed by atoms with Crippen molar-refractivity contribution in [3.8, 4) is 51.7 Å². The summed E-state index contributed by atoms with van der Waals surface area (Å²) >= 11 is 0. The fourth-order valence-corrected chi connectivity index (χ4v) is 9.72. The minimum Gasteiger partial charge on any atom is -0.508 e. The van der Waals surface area contributed by atoms with E-state index < -0.39 is 0 Å². The number of aromatic hydroxyl groups is 9. The number of hydrogen-bond donors (Lipinski definition) is 11. The van der Waals surface area contributed by atoms with Crippen LogP contribution in [0.1, 0.15) is 200 Å². The van der Waals surface area contributed by atoms with Crippen molar-refractivity contribution in [2.75, 3.05) is 14.2 Å². The lowest BCUT2D eigenvalue weighted by Gasteiger charge is -2.26. The Morgan fingerprint density at radius 3 is 0.383 bits per heavy atom. The summed E-state index contributed by atoms with van der Waals surface area (Å²) in [6.45, 7) is 39.6. The predicted molar refractivity (Wildman–Crippen MR) is 494 cm³/mol. The topological polar surface area (TPSA) is 223 Å². The Morgan fingerprint density at radius 1 is 0.183 bits per heavy atom. The summed E-state index contributed by atoms with van der Waals surface area (Å²) in [5, 5.41) is 102. The molecule has 0 saturated carbocycles. The lowest BCUT2D eigenvalue weighted by molar-refractivity contribution is 0.399. The molecule has 115 heavy (non-hydrogen) atoms. The van der Waals surface area contributed by atoms with Gasteiger partial charge in [0.2, 0.25) is 0 Å². The van der Waals surface area contributed by atoms with Crippen molar-refractivity contribution < 1.29 is 56.2 Å². The van der Waals surface area contributed by atoms with Crippen molar-refractivity contribution in [1.82, 2.24) is 0 Å². The minimum absolute atomic E-state index is 0. The molecule has 0 unspecified atom stereocenters. The number of rotatable bonds is 6. The van der Waals surface area contributed by atoms with Crippen LogP contribution in [-0.4, -0.2) is 70.4 Å². The van der Waals surface area contributed by atoms with Gasteiger partial charge < -0.3 is 56.2 Å². The van der Waals surface area contributed by atoms with Crippen LogP contribution in [0, 0.1) is 20.8 Å². The second-order valence-corrected chi connectivity index (χ2v) is 27.7. The van der Waals surface area contributed by atoms with E-state index in [-0.39, 0.29) is 58.2 Å². The van der Waals surface area contributed by atoms with E-state index in [0.717, 1.165) is 64.3 Å². The van der Waals surface area contributed by atoms with Gasteiger partial charge in [-0.25, -0.2) is 0 Å². The minimum atomic E-state index is -0.151. The number of benzene rings is 13. The molecular formula is C104H140O11. The van der Waals surface area contributed by atoms with Crippen molar-refractivity contribution >= 4 is 21.5 Å². The quantitative estimate of drug-likeness (QED) is 0.0752. The highest BCUT2D eigenvalue weighted by Gasteiger charge is 2.25. The number of aliphatic hydroxyl groups is 2. The first-order chi connectivity index (χ1) is 54.4. The maximum Gasteiger partial charge on any atom is 0.118 e. The van der Waals surface area contributed by atoms with Gasteiger partial charge in [0.15, 0.2) is 0 Å². The van der Waals surface area contributed by atoms with Gasteiger partial charge in [-0.3, -0.25) is 0 Å². The number of aliphatic hydroxyl groups excluding tert-OH is 2. The van der Waals surface area contributed by atoms with E-state index in [1.165, 1.54) is 53.6 Å². The molecule has 11 heteroatoms. The third kappa shape index (κ3) is 43.9. The molecule has 622 valence electrons. The van der Waals surface area contributed by atoms with Crippen LogP contribution in [0.4, 0.5) is 0 Å². The molecule has 0 heterocycles. The second kappa shape index (κ2) is 63.0. The highest BCUT2D eigenvalue weighted by molar-refractivity contribution is 5.82. The zero-order valence-electron chi connectivity index (χ0n) is 72.0. The average molecular weight is 1570 g/mol. The van der Waals surface area contributed by atoms with Gasteiger partial charge in [-0.2, -0.15) is 0 Å². The van der Waals surface area contributed by atoms with Gasteiger partial charge in [0.05, 0.1) is 0 Å². The summed E-state index contributed by atoms with van der Waals surface area (Å²) in [6.07, 6.45) is 6.25. The van der Waals surface area contributed by atoms with Crippen LogP contribution in [0.15, 0.2) is 315 Å². The van der Waals surface area contributed by atoms with Gasteiger partial charge in [0, 0.05) is 30.5 Å². The van der Waals surface area contributed by atoms with Crippen molar-refractivity contribution in [1.29, 1.82) is 0 Å². The summed E-state index contributed by atoms with van der Waals surface area (Å²) in [5.74, 6) is 2.74. The maximum atomic E-state index is 9.30. The van der Waals surface area contributed by atoms with Crippen LogP contribution < -0.4 is 0 Å². The van der Waals surface area contributed by atoms with Crippen molar-refractivity contribution in [3.05, 3.63) is 366 Å². The largest absolute Gasteiger partial charge is 0.508 e. The Morgan fingerprint density at radius 2 is 0.287 bits per heavy atom. The molecule has 0 spiro atoms. The standard InChI is InChI=1S/3C15H16O2.2C10H8.3C7H8O.5C3H8.2CH4O.CH4/c3*1-15(2,11-3-7-13(16)8-4-11)12-5-9-14(17)10-6-12;2*1-2-6-10-8-4-3-7-9(10)5-1;3*1-6-4-2-3-5-7(6)8;5*1-3-2;2*1-2;/h3*3-10,16-17H,1-2H3;2*1-8H;3*2-5,8H,1H3;5*3H2,1-2H3;2*2H,1H3;1H4. The van der Waals surface area contributed by atoms with E-state index in [4.69, 9.17) is 25.5 Å². The molecule has 0 aliphatic heterocycles. The molecular weight excluding hydrogens is 1430 g/mol. The monoisotopic (exact) mass is 1570 g/mol. The summed E-state index contributed by atoms with van der Waals surface area (Å²) in [5.41, 5.74) is 9.07. The highest BCUT2D eigenvalue weighted by Crippen LogP contribution is 2.36. The maximum absolute atomic E-state index is 9.30. The van der Waals surface area contributed by atoms with Gasteiger partial charge >= 0.3 is 0 Å². The smallest absolute Gasteiger partial charge is 0.118 e. The third-order valence-corrected chi connectivity index (χ3v) is 16.2. The molecule has 0 fully saturated rings. The number of fused-ring (bicyclic) bond motifs is 2. The third-order valence-electron chi connectivity index (χ3n) is 16.2. The van der Waals surface area contributed by atoms with Gasteiger partial charge in [-0.05, 0) is 183 Å². The summed E-state index contributed by atoms with van der Waals surface area (Å²) in [4.78, 5) is 0. The van der Waals surface area contributed by atoms with E-state index in [9.17, 15) is 30.6 Å². The Balaban J connectivity index is -0.00000122. The number of hydrogen-bond acceptors (Lipinski definition) is 11. The van der Waals surface area contributed by atoms with Crippen LogP contribution in [0.3, 0.4) is 0 Å². The van der Waals surface area contributed by atoms with Gasteiger partial charge in [0.25, 0.3) is 0 Å². The lowest BCUT2D eigenvalue weighted by Crippen LogP contribution is -2.18. The molecule has 13 rings (SSSR count). The van der Waals surface area contributed by atoms with Crippen molar-refractivity contribution in [3.63, 3.8) is 0 Å². The summed E-state index contributed by atoms with van der Waals surface area (Å²) < 4.78 is 0. The molecule has 0 bridgehead atoms. The van der Waals surface area contributed by atoms with Crippen molar-refractivity contribution in [2.24, 2.45) is 0 Å². The number of phenolic OH excluding ortho intramolecular Hbond substituents is 9. The molecule has 0 aliphatic rings. The summed E-state index contributed by atoms with van der Waals surface area (Å²) in [6, 6.07) is 98.5. The molecule has 11 nitrogen and oxygen atoms in total. The van der Waals surface area contributed by atoms with E-state index in [2.05, 4.69) is 208 Å². The first kappa shape index (κ1) is 108. The van der Waals surface area contributed by atoms with Crippen LogP contribution in [0.2, 0.25) is 0 Å². The molecule has 0 aliphatic carbocycles. The van der Waals surface area contributed by atoms with Crippen molar-refractivity contribution in [2.45, 2.75) is 187 Å². The van der Waals surface area contributed by atoms with E-state index in [0.29, 0.717) is 17.2 Å². The average Bonchev–Trinajstić information content (AvgIpc) is 0.815. The van der Waals surface area contributed by atoms with Crippen LogP contribution in [0.5, 0.6) is 51.7 Å². The van der Waals surface area contributed by atoms with Gasteiger partial charge in [-0.1, -0.05) is 375 Å². The van der Waals surface area contributed by atoms with Crippen LogP contribution in [0.25, 0.3) is 21.5 Å². The van der Waals surface area contributed by atoms with Gasteiger partial charge in [0.1, 0.15) is 51.7 Å². The Labute approximate surface area is 692 Å². The molecule has 0 aromatic heterocycles. The number of para-hydroxylation sites is 3. The number of aryl methyl sites for hydroxylation is 3. The molecule has 0 saturated heterocycles. The Hall–Kier alpha value is -11.5. The SMILES string of the molecule is C.CC(C)(c1ccc(O)cc1)c1ccc(O)cc1.CC(C)(c1ccc(O)cc1)c1ccc(O)cc1.CC(C)(c1ccc(O)cc1)c1ccc(O)cc1.CCC.CCC.CCC.CCC.CCC.CO.CO.Cc1ccccc1O.Cc1ccccc1O.Cc1ccccc1O.c1ccc2ccccc2c1.c1ccc2ccccc2c1. The molecule has 0 radical (unpaired) electrons. The second-order valence-electron chi connectivity index (χ2n) is 27.7. The highest BCUT2D eigenvalue weighted by atomic mass is 16.3. The Kier molecular flexibility index (Phi) is 58.9. The van der Waals surface area contributed by atoms with Crippen LogP contribution >= 0.6 is 0 Å². The fraction of sp³-hybridized carbons (Fsp3) is 0.288. The summed E-state index contributed by atoms with van der Waals surface area (Å²) in [7, 11) is 2.00. The molecule has 0 atom stereocenters. The molecule has 13 aromatic carbocycles. The normalized spacial score (nSPS) is 9.59. The molecule has 0 amide bonds. The fourth-order valence-electron chi connectivity index (χ4n) is 9.72. The lowest BCUT2D eigenvalue weighted by atomic mass is 9.78. The van der Waals surface area contributed by atoms with E-state index >= 15 is 0 Å².